The van der Waals surface area contributed by atoms with Gasteiger partial charge >= 0.3 is 0 Å². The Kier molecular flexibility index (Phi) is 4.17. The summed E-state index contributed by atoms with van der Waals surface area (Å²) in [5.41, 5.74) is 0.547. The summed E-state index contributed by atoms with van der Waals surface area (Å²) in [6.45, 7) is 6.36. The SMILES string of the molecule is CC(C)N1CCC(NC(=O)c2[nH]ncc2C#N)CC1. The number of nitrogens with one attached hydrogen (secondary N) is 2. The maximum absolute atomic E-state index is 12.0. The van der Waals surface area contributed by atoms with Gasteiger partial charge in [-0.1, -0.05) is 0 Å². The second-order valence-electron chi connectivity index (χ2n) is 5.15. The van der Waals surface area contributed by atoms with E-state index in [2.05, 4.69) is 34.3 Å². The number of hydrogen-bond donors (Lipinski definition) is 2. The summed E-state index contributed by atoms with van der Waals surface area (Å²) in [6.07, 6.45) is 3.26. The fourth-order valence-corrected chi connectivity index (χ4v) is 2.36. The minimum atomic E-state index is -0.239. The topological polar surface area (TPSA) is 84.8 Å². The number of piperidine rings is 1. The monoisotopic (exact) mass is 261 g/mol. The zero-order chi connectivity index (χ0) is 13.8. The fraction of sp³-hybridized carbons (Fsp3) is 0.615. The molecule has 0 spiro atoms. The van der Waals surface area contributed by atoms with Gasteiger partial charge in [0.2, 0.25) is 0 Å². The average Bonchev–Trinajstić information content (AvgIpc) is 2.87. The van der Waals surface area contributed by atoms with E-state index in [9.17, 15) is 4.79 Å². The van der Waals surface area contributed by atoms with E-state index >= 15 is 0 Å². The quantitative estimate of drug-likeness (QED) is 0.846. The van der Waals surface area contributed by atoms with Gasteiger partial charge in [-0.2, -0.15) is 10.4 Å². The molecular formula is C13H19N5O. The molecule has 1 fully saturated rings. The van der Waals surface area contributed by atoms with Crippen molar-refractivity contribution in [3.8, 4) is 6.07 Å². The number of nitrogens with zero attached hydrogens (tertiary/aromatic N) is 3. The molecule has 6 heteroatoms. The first-order valence-corrected chi connectivity index (χ1v) is 6.60. The van der Waals surface area contributed by atoms with Crippen molar-refractivity contribution >= 4 is 5.91 Å². The van der Waals surface area contributed by atoms with Gasteiger partial charge in [0.1, 0.15) is 17.3 Å². The maximum Gasteiger partial charge on any atom is 0.270 e. The highest BCUT2D eigenvalue weighted by Crippen LogP contribution is 2.13. The Morgan fingerprint density at radius 1 is 1.58 bits per heavy atom. The molecule has 19 heavy (non-hydrogen) atoms. The first-order chi connectivity index (χ1) is 9.11. The van der Waals surface area contributed by atoms with Crippen LogP contribution in [0.1, 0.15) is 42.7 Å². The van der Waals surface area contributed by atoms with Gasteiger partial charge in [-0.15, -0.1) is 0 Å². The summed E-state index contributed by atoms with van der Waals surface area (Å²) in [4.78, 5) is 14.4. The van der Waals surface area contributed by atoms with Crippen LogP contribution in [0.25, 0.3) is 0 Å². The summed E-state index contributed by atoms with van der Waals surface area (Å²) >= 11 is 0. The van der Waals surface area contributed by atoms with Crippen molar-refractivity contribution in [3.05, 3.63) is 17.5 Å². The smallest absolute Gasteiger partial charge is 0.270 e. The van der Waals surface area contributed by atoms with Gasteiger partial charge in [-0.05, 0) is 26.7 Å². The molecule has 1 saturated heterocycles. The van der Waals surface area contributed by atoms with Crippen LogP contribution < -0.4 is 5.32 Å². The lowest BCUT2D eigenvalue weighted by Gasteiger charge is -2.34. The second-order valence-corrected chi connectivity index (χ2v) is 5.15. The van der Waals surface area contributed by atoms with E-state index in [1.54, 1.807) is 0 Å². The molecule has 0 unspecified atom stereocenters. The molecule has 0 radical (unpaired) electrons. The first-order valence-electron chi connectivity index (χ1n) is 6.60. The van der Waals surface area contributed by atoms with Crippen molar-refractivity contribution in [2.45, 2.75) is 38.8 Å². The third-order valence-electron chi connectivity index (χ3n) is 3.58. The fourth-order valence-electron chi connectivity index (χ4n) is 2.36. The molecule has 2 N–H and O–H groups in total. The number of likely N-dealkylation sites (tertiary alicyclic amines) is 1. The van der Waals surface area contributed by atoms with Gasteiger partial charge in [-0.3, -0.25) is 9.89 Å². The number of carbonyl (C=O) groups excluding carboxylic acids is 1. The Labute approximate surface area is 112 Å². The van der Waals surface area contributed by atoms with Gasteiger partial charge in [0.15, 0.2) is 0 Å². The van der Waals surface area contributed by atoms with E-state index < -0.39 is 0 Å². The normalized spacial score (nSPS) is 17.4. The third kappa shape index (κ3) is 3.12. The molecule has 6 nitrogen and oxygen atoms in total. The Bertz CT molecular complexity index is 479. The summed E-state index contributed by atoms with van der Waals surface area (Å²) < 4.78 is 0. The lowest BCUT2D eigenvalue weighted by Crippen LogP contribution is -2.46. The van der Waals surface area contributed by atoms with Crippen molar-refractivity contribution in [2.75, 3.05) is 13.1 Å². The minimum Gasteiger partial charge on any atom is -0.348 e. The van der Waals surface area contributed by atoms with Crippen LogP contribution in [0.2, 0.25) is 0 Å². The van der Waals surface area contributed by atoms with Crippen LogP contribution in [0.5, 0.6) is 0 Å². The van der Waals surface area contributed by atoms with Crippen molar-refractivity contribution < 1.29 is 4.79 Å². The van der Waals surface area contributed by atoms with Crippen LogP contribution in [0.15, 0.2) is 6.20 Å². The van der Waals surface area contributed by atoms with E-state index in [-0.39, 0.29) is 23.2 Å². The van der Waals surface area contributed by atoms with Crippen LogP contribution in [-0.4, -0.2) is 46.2 Å². The van der Waals surface area contributed by atoms with Crippen molar-refractivity contribution in [1.82, 2.24) is 20.4 Å². The Hall–Kier alpha value is -1.87. The average molecular weight is 261 g/mol. The summed E-state index contributed by atoms with van der Waals surface area (Å²) in [5, 5.41) is 18.1. The molecule has 2 rings (SSSR count). The van der Waals surface area contributed by atoms with E-state index in [4.69, 9.17) is 5.26 Å². The van der Waals surface area contributed by atoms with Gasteiger partial charge < -0.3 is 10.2 Å². The van der Waals surface area contributed by atoms with E-state index in [1.165, 1.54) is 6.20 Å². The molecule has 0 saturated carbocycles. The standard InChI is InChI=1S/C13H19N5O/c1-9(2)18-5-3-11(4-6-18)16-13(19)12-10(7-14)8-15-17-12/h8-9,11H,3-6H2,1-2H3,(H,15,17)(H,16,19). The number of aromatic amines is 1. The Morgan fingerprint density at radius 3 is 2.84 bits per heavy atom. The number of carbonyl (C=O) groups is 1. The molecule has 0 atom stereocenters. The van der Waals surface area contributed by atoms with E-state index in [1.807, 2.05) is 6.07 Å². The van der Waals surface area contributed by atoms with Gasteiger partial charge in [0.05, 0.1) is 6.20 Å². The van der Waals surface area contributed by atoms with Crippen molar-refractivity contribution in [2.24, 2.45) is 0 Å². The molecule has 2 heterocycles. The van der Waals surface area contributed by atoms with Gasteiger partial charge in [0, 0.05) is 25.2 Å². The molecule has 102 valence electrons. The van der Waals surface area contributed by atoms with E-state index in [0.29, 0.717) is 6.04 Å². The highest BCUT2D eigenvalue weighted by atomic mass is 16.2. The molecule has 1 amide bonds. The molecule has 1 aromatic rings. The number of rotatable bonds is 3. The van der Waals surface area contributed by atoms with Gasteiger partial charge in [-0.25, -0.2) is 0 Å². The van der Waals surface area contributed by atoms with E-state index in [0.717, 1.165) is 25.9 Å². The Morgan fingerprint density at radius 2 is 2.26 bits per heavy atom. The van der Waals surface area contributed by atoms with Crippen LogP contribution in [0.3, 0.4) is 0 Å². The van der Waals surface area contributed by atoms with Crippen LogP contribution >= 0.6 is 0 Å². The lowest BCUT2D eigenvalue weighted by molar-refractivity contribution is 0.0895. The largest absolute Gasteiger partial charge is 0.348 e. The van der Waals surface area contributed by atoms with Crippen molar-refractivity contribution in [1.29, 1.82) is 5.26 Å². The summed E-state index contributed by atoms with van der Waals surface area (Å²) in [6, 6.07) is 2.68. The predicted molar refractivity (Wildman–Crippen MR) is 70.5 cm³/mol. The number of aromatic nitrogens is 2. The number of hydrogen-bond acceptors (Lipinski definition) is 4. The number of H-pyrrole nitrogens is 1. The Balaban J connectivity index is 1.90. The summed E-state index contributed by atoms with van der Waals surface area (Å²) in [5.74, 6) is -0.239. The zero-order valence-electron chi connectivity index (χ0n) is 11.3. The molecule has 0 bridgehead atoms. The molecule has 1 aliphatic heterocycles. The lowest BCUT2D eigenvalue weighted by atomic mass is 10.0. The summed E-state index contributed by atoms with van der Waals surface area (Å²) in [7, 11) is 0. The first kappa shape index (κ1) is 13.6. The maximum atomic E-state index is 12.0. The zero-order valence-corrected chi connectivity index (χ0v) is 11.3. The van der Waals surface area contributed by atoms with Crippen LogP contribution in [0, 0.1) is 11.3 Å². The molecule has 0 aromatic carbocycles. The van der Waals surface area contributed by atoms with Crippen LogP contribution in [0.4, 0.5) is 0 Å². The number of nitriles is 1. The molecule has 0 aliphatic carbocycles. The molecular weight excluding hydrogens is 242 g/mol. The molecule has 1 aliphatic rings. The molecule has 1 aromatic heterocycles. The number of amides is 1. The second kappa shape index (κ2) is 5.85. The van der Waals surface area contributed by atoms with Crippen LogP contribution in [-0.2, 0) is 0 Å². The van der Waals surface area contributed by atoms with Crippen molar-refractivity contribution in [3.63, 3.8) is 0 Å². The predicted octanol–water partition coefficient (Wildman–Crippen LogP) is 0.884. The highest BCUT2D eigenvalue weighted by molar-refractivity contribution is 5.94. The van der Waals surface area contributed by atoms with Gasteiger partial charge in [0.25, 0.3) is 5.91 Å². The minimum absolute atomic E-state index is 0.178. The highest BCUT2D eigenvalue weighted by Gasteiger charge is 2.23. The third-order valence-corrected chi connectivity index (χ3v) is 3.58.